The number of nitrogens with one attached hydrogen (secondary N) is 1. The number of sulfonamides is 1. The molecule has 0 aliphatic carbocycles. The standard InChI is InChI=1S/C25H29N3O5S/c1-5-19-6-10-21(11-7-19)27-24(29)18(4)33-25(30)23-14-16(2)28(17(23)3)15-20-8-12-22(13-9-20)34(26,31)32/h6-14,18H,5,15H2,1-4H3,(H,27,29)(H2,26,31,32). The van der Waals surface area contributed by atoms with E-state index in [0.29, 0.717) is 23.5 Å². The molecule has 0 spiro atoms. The second kappa shape index (κ2) is 10.2. The third-order valence-electron chi connectivity index (χ3n) is 5.67. The van der Waals surface area contributed by atoms with Crippen molar-refractivity contribution >= 4 is 27.6 Å². The Kier molecular flexibility index (Phi) is 7.58. The molecule has 0 saturated heterocycles. The van der Waals surface area contributed by atoms with Crippen molar-refractivity contribution in [2.45, 2.75) is 51.7 Å². The zero-order valence-corrected chi connectivity index (χ0v) is 20.5. The van der Waals surface area contributed by atoms with Crippen LogP contribution in [0.4, 0.5) is 5.69 Å². The Morgan fingerprint density at radius 3 is 2.18 bits per heavy atom. The van der Waals surface area contributed by atoms with Gasteiger partial charge in [0.05, 0.1) is 10.5 Å². The number of ether oxygens (including phenoxy) is 1. The minimum atomic E-state index is -3.76. The van der Waals surface area contributed by atoms with Crippen LogP contribution in [-0.2, 0) is 32.5 Å². The first kappa shape index (κ1) is 25.2. The zero-order chi connectivity index (χ0) is 25.0. The average Bonchev–Trinajstić information content (AvgIpc) is 3.07. The van der Waals surface area contributed by atoms with Crippen LogP contribution in [0, 0.1) is 13.8 Å². The molecule has 8 nitrogen and oxygen atoms in total. The molecule has 1 aromatic heterocycles. The third-order valence-corrected chi connectivity index (χ3v) is 6.60. The SMILES string of the molecule is CCc1ccc(NC(=O)C(C)OC(=O)c2cc(C)n(Cc3ccc(S(N)(=O)=O)cc3)c2C)cc1. The summed E-state index contributed by atoms with van der Waals surface area (Å²) in [6.45, 7) is 7.66. The summed E-state index contributed by atoms with van der Waals surface area (Å²) in [5.74, 6) is -1.01. The van der Waals surface area contributed by atoms with Gasteiger partial charge in [0.15, 0.2) is 6.10 Å². The molecular formula is C25H29N3O5S. The Hall–Kier alpha value is -3.43. The van der Waals surface area contributed by atoms with E-state index in [4.69, 9.17) is 9.88 Å². The van der Waals surface area contributed by atoms with E-state index < -0.39 is 28.0 Å². The minimum Gasteiger partial charge on any atom is -0.449 e. The zero-order valence-electron chi connectivity index (χ0n) is 19.7. The van der Waals surface area contributed by atoms with E-state index in [0.717, 1.165) is 23.2 Å². The first-order chi connectivity index (χ1) is 16.0. The monoisotopic (exact) mass is 483 g/mol. The normalized spacial score (nSPS) is 12.3. The highest BCUT2D eigenvalue weighted by molar-refractivity contribution is 7.89. The molecule has 3 N–H and O–H groups in total. The fourth-order valence-electron chi connectivity index (χ4n) is 3.56. The Labute approximate surface area is 199 Å². The topological polar surface area (TPSA) is 120 Å². The van der Waals surface area contributed by atoms with Gasteiger partial charge in [-0.05, 0) is 68.7 Å². The number of primary sulfonamides is 1. The molecule has 0 fully saturated rings. The van der Waals surface area contributed by atoms with Gasteiger partial charge in [0.2, 0.25) is 10.0 Å². The Morgan fingerprint density at radius 2 is 1.62 bits per heavy atom. The van der Waals surface area contributed by atoms with Gasteiger partial charge in [0.1, 0.15) is 0 Å². The summed E-state index contributed by atoms with van der Waals surface area (Å²) in [5.41, 5.74) is 4.51. The van der Waals surface area contributed by atoms with Crippen LogP contribution in [0.2, 0.25) is 0 Å². The molecule has 0 aliphatic rings. The summed E-state index contributed by atoms with van der Waals surface area (Å²) in [7, 11) is -3.76. The number of esters is 1. The van der Waals surface area contributed by atoms with Crippen LogP contribution in [0.3, 0.4) is 0 Å². The fourth-order valence-corrected chi connectivity index (χ4v) is 4.08. The maximum absolute atomic E-state index is 12.8. The molecule has 0 radical (unpaired) electrons. The summed E-state index contributed by atoms with van der Waals surface area (Å²) in [6.07, 6.45) is -0.0751. The molecule has 180 valence electrons. The molecule has 3 rings (SSSR count). The van der Waals surface area contributed by atoms with Gasteiger partial charge in [-0.15, -0.1) is 0 Å². The van der Waals surface area contributed by atoms with Crippen molar-refractivity contribution in [1.29, 1.82) is 0 Å². The molecule has 2 aromatic carbocycles. The van der Waals surface area contributed by atoms with Gasteiger partial charge in [-0.3, -0.25) is 4.79 Å². The minimum absolute atomic E-state index is 0.0371. The van der Waals surface area contributed by atoms with E-state index in [1.54, 1.807) is 25.1 Å². The molecular weight excluding hydrogens is 454 g/mol. The van der Waals surface area contributed by atoms with Crippen molar-refractivity contribution in [2.24, 2.45) is 5.14 Å². The number of rotatable bonds is 8. The molecule has 1 unspecified atom stereocenters. The number of carbonyl (C=O) groups excluding carboxylic acids is 2. The molecule has 1 amide bonds. The van der Waals surface area contributed by atoms with Crippen LogP contribution in [0.15, 0.2) is 59.5 Å². The lowest BCUT2D eigenvalue weighted by molar-refractivity contribution is -0.123. The van der Waals surface area contributed by atoms with Crippen LogP contribution < -0.4 is 10.5 Å². The maximum Gasteiger partial charge on any atom is 0.340 e. The Balaban J connectivity index is 1.68. The summed E-state index contributed by atoms with van der Waals surface area (Å²) < 4.78 is 30.2. The molecule has 1 heterocycles. The lowest BCUT2D eigenvalue weighted by Crippen LogP contribution is -2.30. The predicted molar refractivity (Wildman–Crippen MR) is 130 cm³/mol. The third kappa shape index (κ3) is 5.92. The lowest BCUT2D eigenvalue weighted by Gasteiger charge is -2.14. The predicted octanol–water partition coefficient (Wildman–Crippen LogP) is 3.55. The number of amides is 1. The first-order valence-electron chi connectivity index (χ1n) is 10.9. The van der Waals surface area contributed by atoms with Gasteiger partial charge in [0, 0.05) is 23.6 Å². The second-order valence-corrected chi connectivity index (χ2v) is 9.71. The molecule has 0 aliphatic heterocycles. The van der Waals surface area contributed by atoms with Crippen LogP contribution in [0.1, 0.15) is 46.7 Å². The van der Waals surface area contributed by atoms with Crippen molar-refractivity contribution in [1.82, 2.24) is 4.57 Å². The molecule has 3 aromatic rings. The highest BCUT2D eigenvalue weighted by atomic mass is 32.2. The Bertz CT molecular complexity index is 1290. The fraction of sp³-hybridized carbons (Fsp3) is 0.280. The van der Waals surface area contributed by atoms with Crippen molar-refractivity contribution in [3.63, 3.8) is 0 Å². The number of hydrogen-bond donors (Lipinski definition) is 2. The summed E-state index contributed by atoms with van der Waals surface area (Å²) in [4.78, 5) is 25.3. The molecule has 0 bridgehead atoms. The second-order valence-electron chi connectivity index (χ2n) is 8.15. The lowest BCUT2D eigenvalue weighted by atomic mass is 10.1. The van der Waals surface area contributed by atoms with Gasteiger partial charge in [-0.25, -0.2) is 18.4 Å². The quantitative estimate of drug-likeness (QED) is 0.475. The van der Waals surface area contributed by atoms with Crippen LogP contribution in [0.25, 0.3) is 0 Å². The smallest absolute Gasteiger partial charge is 0.340 e. The highest BCUT2D eigenvalue weighted by Gasteiger charge is 2.23. The van der Waals surface area contributed by atoms with E-state index in [2.05, 4.69) is 12.2 Å². The van der Waals surface area contributed by atoms with E-state index in [9.17, 15) is 18.0 Å². The van der Waals surface area contributed by atoms with E-state index in [1.165, 1.54) is 19.1 Å². The summed E-state index contributed by atoms with van der Waals surface area (Å²) in [6, 6.07) is 15.5. The van der Waals surface area contributed by atoms with E-state index in [1.807, 2.05) is 35.8 Å². The largest absolute Gasteiger partial charge is 0.449 e. The highest BCUT2D eigenvalue weighted by Crippen LogP contribution is 2.20. The van der Waals surface area contributed by atoms with Crippen LogP contribution >= 0.6 is 0 Å². The number of hydrogen-bond acceptors (Lipinski definition) is 5. The van der Waals surface area contributed by atoms with Gasteiger partial charge < -0.3 is 14.6 Å². The number of aryl methyl sites for hydroxylation is 2. The maximum atomic E-state index is 12.8. The van der Waals surface area contributed by atoms with Crippen LogP contribution in [-0.4, -0.2) is 31.0 Å². The molecule has 1 atom stereocenters. The number of nitrogens with two attached hydrogens (primary N) is 1. The number of benzene rings is 2. The molecule has 9 heteroatoms. The van der Waals surface area contributed by atoms with Gasteiger partial charge in [-0.1, -0.05) is 31.2 Å². The number of carbonyl (C=O) groups is 2. The van der Waals surface area contributed by atoms with Crippen molar-refractivity contribution in [3.05, 3.63) is 82.7 Å². The molecule has 34 heavy (non-hydrogen) atoms. The van der Waals surface area contributed by atoms with Gasteiger partial charge >= 0.3 is 5.97 Å². The van der Waals surface area contributed by atoms with E-state index in [-0.39, 0.29) is 4.90 Å². The molecule has 0 saturated carbocycles. The van der Waals surface area contributed by atoms with Crippen molar-refractivity contribution in [3.8, 4) is 0 Å². The average molecular weight is 484 g/mol. The summed E-state index contributed by atoms with van der Waals surface area (Å²) in [5, 5.41) is 7.90. The number of aromatic nitrogens is 1. The number of anilines is 1. The van der Waals surface area contributed by atoms with Crippen molar-refractivity contribution in [2.75, 3.05) is 5.32 Å². The first-order valence-corrected chi connectivity index (χ1v) is 12.4. The van der Waals surface area contributed by atoms with Gasteiger partial charge in [0.25, 0.3) is 5.91 Å². The van der Waals surface area contributed by atoms with Crippen molar-refractivity contribution < 1.29 is 22.7 Å². The summed E-state index contributed by atoms with van der Waals surface area (Å²) >= 11 is 0. The van der Waals surface area contributed by atoms with Crippen LogP contribution in [0.5, 0.6) is 0 Å². The van der Waals surface area contributed by atoms with E-state index >= 15 is 0 Å². The number of nitrogens with zero attached hydrogens (tertiary/aromatic N) is 1. The Morgan fingerprint density at radius 1 is 1.03 bits per heavy atom. The van der Waals surface area contributed by atoms with Gasteiger partial charge in [-0.2, -0.15) is 0 Å².